The number of thiophene rings is 1. The second kappa shape index (κ2) is 12.0. The van der Waals surface area contributed by atoms with Crippen LogP contribution in [0.1, 0.15) is 36.2 Å². The van der Waals surface area contributed by atoms with Gasteiger partial charge in [0.2, 0.25) is 5.91 Å². The Morgan fingerprint density at radius 1 is 1.19 bits per heavy atom. The Hall–Kier alpha value is -1.65. The van der Waals surface area contributed by atoms with Crippen molar-refractivity contribution < 1.29 is 4.79 Å². The van der Waals surface area contributed by atoms with E-state index in [0.717, 1.165) is 44.2 Å². The van der Waals surface area contributed by atoms with Gasteiger partial charge in [0.25, 0.3) is 0 Å². The molecule has 1 aromatic heterocycles. The molecule has 1 amide bonds. The zero-order chi connectivity index (χ0) is 21.6. The third-order valence-corrected chi connectivity index (χ3v) is 7.22. The van der Waals surface area contributed by atoms with Crippen molar-refractivity contribution in [3.8, 4) is 0 Å². The fourth-order valence-corrected chi connectivity index (χ4v) is 5.76. The average molecular weight is 568 g/mol. The molecule has 1 fully saturated rings. The van der Waals surface area contributed by atoms with Crippen molar-refractivity contribution in [2.24, 2.45) is 10.9 Å². The minimum atomic E-state index is 0. The second-order valence-electron chi connectivity index (χ2n) is 8.34. The van der Waals surface area contributed by atoms with Crippen LogP contribution in [0, 0.1) is 5.92 Å². The molecule has 2 N–H and O–H groups in total. The van der Waals surface area contributed by atoms with Crippen molar-refractivity contribution in [3.63, 3.8) is 0 Å². The minimum Gasteiger partial charge on any atom is -0.357 e. The highest BCUT2D eigenvalue weighted by molar-refractivity contribution is 14.0. The fraction of sp³-hybridized carbons (Fsp3) is 0.500. The van der Waals surface area contributed by atoms with Gasteiger partial charge < -0.3 is 15.5 Å². The maximum Gasteiger partial charge on any atom is 0.248 e. The number of rotatable bonds is 6. The predicted molar refractivity (Wildman–Crippen MR) is 144 cm³/mol. The lowest BCUT2D eigenvalue weighted by Gasteiger charge is -2.39. The highest BCUT2D eigenvalue weighted by atomic mass is 127. The monoisotopic (exact) mass is 567 g/mol. The van der Waals surface area contributed by atoms with Crippen LogP contribution in [0.5, 0.6) is 0 Å². The number of nitrogens with one attached hydrogen (secondary N) is 2. The molecular weight excluding hydrogens is 533 g/mol. The number of nitrogens with zero attached hydrogens (tertiary/aromatic N) is 3. The summed E-state index contributed by atoms with van der Waals surface area (Å²) in [5.41, 5.74) is 2.27. The molecule has 0 bridgehead atoms. The number of likely N-dealkylation sites (tertiary alicyclic amines) is 1. The van der Waals surface area contributed by atoms with Gasteiger partial charge in [0.05, 0.1) is 0 Å². The number of carbonyl (C=O) groups is 1. The van der Waals surface area contributed by atoms with Gasteiger partial charge in [0.15, 0.2) is 5.96 Å². The third kappa shape index (κ3) is 5.82. The number of halogens is 1. The van der Waals surface area contributed by atoms with Crippen LogP contribution in [0.15, 0.2) is 46.8 Å². The highest BCUT2D eigenvalue weighted by Crippen LogP contribution is 2.36. The van der Waals surface area contributed by atoms with Gasteiger partial charge in [0, 0.05) is 36.2 Å². The van der Waals surface area contributed by atoms with Gasteiger partial charge in [-0.05, 0) is 68.8 Å². The molecule has 2 aliphatic heterocycles. The van der Waals surface area contributed by atoms with E-state index in [9.17, 15) is 4.79 Å². The van der Waals surface area contributed by atoms with E-state index in [1.165, 1.54) is 23.3 Å². The maximum absolute atomic E-state index is 12.8. The minimum absolute atomic E-state index is 0. The lowest BCUT2D eigenvalue weighted by atomic mass is 9.88. The Morgan fingerprint density at radius 3 is 2.81 bits per heavy atom. The summed E-state index contributed by atoms with van der Waals surface area (Å²) in [6.45, 7) is 5.71. The van der Waals surface area contributed by atoms with Gasteiger partial charge in [-0.3, -0.25) is 9.69 Å². The number of anilines is 1. The molecule has 2 unspecified atom stereocenters. The Balaban J connectivity index is 0.00000289. The van der Waals surface area contributed by atoms with Crippen LogP contribution < -0.4 is 15.5 Å². The largest absolute Gasteiger partial charge is 0.357 e. The highest BCUT2D eigenvalue weighted by Gasteiger charge is 2.31. The van der Waals surface area contributed by atoms with Gasteiger partial charge in [0.1, 0.15) is 6.54 Å². The molecule has 2 aromatic rings. The van der Waals surface area contributed by atoms with Crippen LogP contribution >= 0.6 is 35.3 Å². The van der Waals surface area contributed by atoms with Crippen molar-refractivity contribution in [2.45, 2.75) is 32.2 Å². The summed E-state index contributed by atoms with van der Waals surface area (Å²) in [4.78, 5) is 23.2. The van der Waals surface area contributed by atoms with E-state index < -0.39 is 0 Å². The zero-order valence-corrected chi connectivity index (χ0v) is 22.1. The molecule has 1 aromatic carbocycles. The lowest BCUT2D eigenvalue weighted by Crippen LogP contribution is -2.45. The van der Waals surface area contributed by atoms with E-state index in [-0.39, 0.29) is 36.4 Å². The number of piperidine rings is 1. The van der Waals surface area contributed by atoms with Gasteiger partial charge in [-0.2, -0.15) is 0 Å². The summed E-state index contributed by atoms with van der Waals surface area (Å²) in [5, 5.41) is 8.98. The number of para-hydroxylation sites is 1. The second-order valence-corrected chi connectivity index (χ2v) is 9.32. The number of carbonyl (C=O) groups excluding carboxylic acids is 1. The average Bonchev–Trinajstić information content (AvgIpc) is 3.45. The fourth-order valence-electron chi connectivity index (χ4n) is 4.78. The van der Waals surface area contributed by atoms with Gasteiger partial charge >= 0.3 is 0 Å². The molecule has 8 heteroatoms. The number of aliphatic imine (C=N–C) groups is 1. The van der Waals surface area contributed by atoms with E-state index in [1.807, 2.05) is 34.4 Å². The van der Waals surface area contributed by atoms with Crippen molar-refractivity contribution in [1.29, 1.82) is 0 Å². The molecular formula is C24H34IN5OS. The molecule has 2 atom stereocenters. The van der Waals surface area contributed by atoms with E-state index in [0.29, 0.717) is 12.0 Å². The molecule has 1 saturated heterocycles. The lowest BCUT2D eigenvalue weighted by molar-refractivity contribution is -0.117. The number of hydrogen-bond acceptors (Lipinski definition) is 4. The van der Waals surface area contributed by atoms with Crippen molar-refractivity contribution in [1.82, 2.24) is 15.5 Å². The summed E-state index contributed by atoms with van der Waals surface area (Å²) >= 11 is 1.84. The molecule has 0 aliphatic carbocycles. The van der Waals surface area contributed by atoms with E-state index in [4.69, 9.17) is 0 Å². The first-order valence-corrected chi connectivity index (χ1v) is 12.2. The maximum atomic E-state index is 12.8. The first-order chi connectivity index (χ1) is 15.2. The van der Waals surface area contributed by atoms with E-state index in [2.05, 4.69) is 58.1 Å². The Morgan fingerprint density at radius 2 is 2.03 bits per heavy atom. The smallest absolute Gasteiger partial charge is 0.248 e. The Bertz CT molecular complexity index is 904. The van der Waals surface area contributed by atoms with Gasteiger partial charge in [-0.15, -0.1) is 35.3 Å². The van der Waals surface area contributed by atoms with Gasteiger partial charge in [-0.25, -0.2) is 4.99 Å². The molecule has 174 valence electrons. The van der Waals surface area contributed by atoms with Crippen LogP contribution in [-0.2, 0) is 11.2 Å². The standard InChI is InChI=1S/C24H33N5OS.HI/c1-3-25-24(27-17-22(30)29-14-12-18-8-4-5-10-20(18)29)26-16-19-9-6-13-28(2)23(19)21-11-7-15-31-21;/h4-5,7-8,10-11,15,19,23H,3,6,9,12-14,16-17H2,1-2H3,(H2,25,26,27);1H. The van der Waals surface area contributed by atoms with Gasteiger partial charge in [-0.1, -0.05) is 24.3 Å². The molecule has 0 saturated carbocycles. The van der Waals surface area contributed by atoms with Crippen LogP contribution in [0.2, 0.25) is 0 Å². The molecule has 2 aliphatic rings. The molecule has 0 radical (unpaired) electrons. The number of amides is 1. The molecule has 3 heterocycles. The first-order valence-electron chi connectivity index (χ1n) is 11.3. The summed E-state index contributed by atoms with van der Waals surface area (Å²) in [6.07, 6.45) is 3.33. The van der Waals surface area contributed by atoms with E-state index in [1.54, 1.807) is 0 Å². The summed E-state index contributed by atoms with van der Waals surface area (Å²) in [7, 11) is 2.22. The molecule has 6 nitrogen and oxygen atoms in total. The summed E-state index contributed by atoms with van der Waals surface area (Å²) in [6, 6.07) is 13.0. The van der Waals surface area contributed by atoms with Crippen LogP contribution in [-0.4, -0.2) is 56.5 Å². The van der Waals surface area contributed by atoms with Crippen LogP contribution in [0.3, 0.4) is 0 Å². The summed E-state index contributed by atoms with van der Waals surface area (Å²) in [5.74, 6) is 1.29. The van der Waals surface area contributed by atoms with Crippen LogP contribution in [0.25, 0.3) is 0 Å². The number of fused-ring (bicyclic) bond motifs is 1. The number of benzene rings is 1. The topological polar surface area (TPSA) is 60.0 Å². The molecule has 4 rings (SSSR count). The SMILES string of the molecule is CCNC(=NCC(=O)N1CCc2ccccc21)NCC1CCCN(C)C1c1cccs1.I. The van der Waals surface area contributed by atoms with Crippen molar-refractivity contribution in [3.05, 3.63) is 52.2 Å². The van der Waals surface area contributed by atoms with E-state index >= 15 is 0 Å². The number of guanidine groups is 1. The quantitative estimate of drug-likeness (QED) is 0.316. The summed E-state index contributed by atoms with van der Waals surface area (Å²) < 4.78 is 0. The Kier molecular flexibility index (Phi) is 9.36. The molecule has 0 spiro atoms. The third-order valence-electron chi connectivity index (χ3n) is 6.28. The zero-order valence-electron chi connectivity index (χ0n) is 18.9. The first kappa shape index (κ1) is 25.0. The normalized spacial score (nSPS) is 21.1. The van der Waals surface area contributed by atoms with Crippen LogP contribution in [0.4, 0.5) is 5.69 Å². The molecule has 32 heavy (non-hydrogen) atoms. The number of hydrogen-bond donors (Lipinski definition) is 2. The Labute approximate surface area is 212 Å². The van der Waals surface area contributed by atoms with Crippen molar-refractivity contribution >= 4 is 52.9 Å². The predicted octanol–water partition coefficient (Wildman–Crippen LogP) is 3.89. The van der Waals surface area contributed by atoms with Crippen molar-refractivity contribution in [2.75, 3.05) is 44.7 Å².